The highest BCUT2D eigenvalue weighted by Gasteiger charge is 2.58. The lowest BCUT2D eigenvalue weighted by molar-refractivity contribution is -0.203. The second kappa shape index (κ2) is 5.63. The monoisotopic (exact) mass is 304 g/mol. The molecule has 21 heavy (non-hydrogen) atoms. The van der Waals surface area contributed by atoms with Crippen LogP contribution in [0.15, 0.2) is 18.2 Å². The number of carbonyl (C=O) groups is 2. The number of alkyl halides is 3. The summed E-state index contributed by atoms with van der Waals surface area (Å²) in [5.74, 6) is -2.19. The average molecular weight is 304 g/mol. The molecule has 3 N–H and O–H groups in total. The second-order valence-corrected chi connectivity index (χ2v) is 4.81. The highest BCUT2D eigenvalue weighted by molar-refractivity contribution is 5.94. The number of benzene rings is 1. The number of carboxylic acid groups (broad SMARTS) is 1. The molecule has 0 bridgehead atoms. The molecule has 0 aliphatic heterocycles. The van der Waals surface area contributed by atoms with Gasteiger partial charge in [0.15, 0.2) is 0 Å². The Kier molecular flexibility index (Phi) is 4.50. The summed E-state index contributed by atoms with van der Waals surface area (Å²) >= 11 is 0. The fourth-order valence-electron chi connectivity index (χ4n) is 1.45. The molecule has 0 fully saturated rings. The summed E-state index contributed by atoms with van der Waals surface area (Å²) in [6, 6.07) is 3.51. The number of hydrogen-bond acceptors (Lipinski definition) is 2. The van der Waals surface area contributed by atoms with Crippen molar-refractivity contribution in [1.29, 1.82) is 0 Å². The lowest BCUT2D eigenvalue weighted by Gasteiger charge is -2.28. The van der Waals surface area contributed by atoms with E-state index in [1.54, 1.807) is 19.1 Å². The maximum atomic E-state index is 12.7. The number of hydrogen-bond donors (Lipinski definition) is 3. The van der Waals surface area contributed by atoms with Crippen LogP contribution >= 0.6 is 0 Å². The van der Waals surface area contributed by atoms with Gasteiger partial charge in [-0.2, -0.15) is 13.2 Å². The Morgan fingerprint density at radius 1 is 1.14 bits per heavy atom. The first kappa shape index (κ1) is 16.8. The number of aliphatic carboxylic acids is 1. The van der Waals surface area contributed by atoms with E-state index in [4.69, 9.17) is 5.11 Å². The largest absolute Gasteiger partial charge is 0.479 e. The summed E-state index contributed by atoms with van der Waals surface area (Å²) in [6.07, 6.45) is -5.13. The van der Waals surface area contributed by atoms with Gasteiger partial charge in [0.05, 0.1) is 0 Å². The van der Waals surface area contributed by atoms with Crippen molar-refractivity contribution in [3.05, 3.63) is 29.3 Å². The molecule has 0 aliphatic carbocycles. The van der Waals surface area contributed by atoms with Crippen molar-refractivity contribution >= 4 is 17.7 Å². The van der Waals surface area contributed by atoms with E-state index in [1.807, 2.05) is 6.92 Å². The summed E-state index contributed by atoms with van der Waals surface area (Å²) in [4.78, 5) is 22.4. The number of halogens is 3. The number of nitrogens with one attached hydrogen (secondary N) is 2. The van der Waals surface area contributed by atoms with Crippen molar-refractivity contribution in [3.63, 3.8) is 0 Å². The summed E-state index contributed by atoms with van der Waals surface area (Å²) in [6.45, 7) is 4.00. The maximum Gasteiger partial charge on any atom is 0.422 e. The van der Waals surface area contributed by atoms with Gasteiger partial charge in [-0.1, -0.05) is 6.07 Å². The van der Waals surface area contributed by atoms with Crippen molar-refractivity contribution in [2.45, 2.75) is 32.5 Å². The first-order valence-electron chi connectivity index (χ1n) is 5.94. The Labute approximate surface area is 119 Å². The number of amides is 2. The Hall–Kier alpha value is -2.25. The van der Waals surface area contributed by atoms with Crippen molar-refractivity contribution in [1.82, 2.24) is 5.32 Å². The molecule has 1 rings (SSSR count). The topological polar surface area (TPSA) is 78.4 Å². The highest BCUT2D eigenvalue weighted by atomic mass is 19.4. The lowest BCUT2D eigenvalue weighted by atomic mass is 10.0. The van der Waals surface area contributed by atoms with Crippen LogP contribution in [0.2, 0.25) is 0 Å². The molecule has 5 nitrogen and oxygen atoms in total. The van der Waals surface area contributed by atoms with Gasteiger partial charge in [-0.25, -0.2) is 9.59 Å². The van der Waals surface area contributed by atoms with E-state index < -0.39 is 23.7 Å². The third-order valence-corrected chi connectivity index (χ3v) is 3.12. The molecule has 1 aromatic carbocycles. The van der Waals surface area contributed by atoms with Crippen molar-refractivity contribution in [3.8, 4) is 0 Å². The van der Waals surface area contributed by atoms with Crippen LogP contribution in [-0.2, 0) is 4.79 Å². The van der Waals surface area contributed by atoms with Crippen LogP contribution < -0.4 is 10.6 Å². The Bertz CT molecular complexity index is 572. The number of aryl methyl sites for hydroxylation is 2. The van der Waals surface area contributed by atoms with E-state index >= 15 is 0 Å². The van der Waals surface area contributed by atoms with Crippen LogP contribution in [0.3, 0.4) is 0 Å². The molecule has 1 unspecified atom stereocenters. The number of carbonyl (C=O) groups excluding carboxylic acids is 1. The molecule has 0 radical (unpaired) electrons. The average Bonchev–Trinajstić information content (AvgIpc) is 2.32. The van der Waals surface area contributed by atoms with Crippen LogP contribution in [0.4, 0.5) is 23.7 Å². The van der Waals surface area contributed by atoms with E-state index in [2.05, 4.69) is 5.32 Å². The second-order valence-electron chi connectivity index (χ2n) is 4.81. The Morgan fingerprint density at radius 3 is 2.14 bits per heavy atom. The van der Waals surface area contributed by atoms with Crippen molar-refractivity contribution in [2.75, 3.05) is 5.32 Å². The fraction of sp³-hybridized carbons (Fsp3) is 0.385. The van der Waals surface area contributed by atoms with E-state index in [9.17, 15) is 22.8 Å². The molecule has 0 heterocycles. The molecular formula is C13H15F3N2O3. The minimum absolute atomic E-state index is 0.269. The SMILES string of the molecule is Cc1ccc(NC(=O)NC(C)(C(=O)O)C(F)(F)F)cc1C. The van der Waals surface area contributed by atoms with Gasteiger partial charge in [-0.05, 0) is 44.0 Å². The van der Waals surface area contributed by atoms with E-state index in [0.717, 1.165) is 11.1 Å². The Morgan fingerprint density at radius 2 is 1.71 bits per heavy atom. The van der Waals surface area contributed by atoms with Gasteiger partial charge >= 0.3 is 18.2 Å². The molecule has 0 spiro atoms. The smallest absolute Gasteiger partial charge is 0.422 e. The highest BCUT2D eigenvalue weighted by Crippen LogP contribution is 2.30. The fourth-order valence-corrected chi connectivity index (χ4v) is 1.45. The molecule has 0 saturated heterocycles. The summed E-state index contributed by atoms with van der Waals surface area (Å²) in [7, 11) is 0. The zero-order valence-corrected chi connectivity index (χ0v) is 11.6. The van der Waals surface area contributed by atoms with Gasteiger partial charge < -0.3 is 15.7 Å². The predicted octanol–water partition coefficient (Wildman–Crippen LogP) is 2.83. The van der Waals surface area contributed by atoms with E-state index in [0.29, 0.717) is 6.92 Å². The predicted molar refractivity (Wildman–Crippen MR) is 70.2 cm³/mol. The quantitative estimate of drug-likeness (QED) is 0.803. The standard InChI is InChI=1S/C13H15F3N2O3/c1-7-4-5-9(6-8(7)2)17-11(21)18-12(3,10(19)20)13(14,15)16/h4-6H,1-3H3,(H,19,20)(H2,17,18,21). The zero-order chi connectivity index (χ0) is 16.4. The molecule has 8 heteroatoms. The van der Waals surface area contributed by atoms with Crippen molar-refractivity contribution < 1.29 is 27.9 Å². The number of carboxylic acids is 1. The third-order valence-electron chi connectivity index (χ3n) is 3.12. The van der Waals surface area contributed by atoms with Gasteiger partial charge in [-0.3, -0.25) is 0 Å². The number of anilines is 1. The van der Waals surface area contributed by atoms with Gasteiger partial charge in [0.1, 0.15) is 0 Å². The van der Waals surface area contributed by atoms with Gasteiger partial charge in [0.2, 0.25) is 5.54 Å². The first-order valence-corrected chi connectivity index (χ1v) is 5.94. The normalized spacial score (nSPS) is 14.2. The van der Waals surface area contributed by atoms with Crippen LogP contribution in [0.5, 0.6) is 0 Å². The van der Waals surface area contributed by atoms with Crippen LogP contribution in [0, 0.1) is 13.8 Å². The molecule has 0 saturated carbocycles. The minimum atomic E-state index is -5.13. The van der Waals surface area contributed by atoms with E-state index in [-0.39, 0.29) is 5.69 Å². The number of urea groups is 1. The van der Waals surface area contributed by atoms with Crippen molar-refractivity contribution in [2.24, 2.45) is 0 Å². The summed E-state index contributed by atoms with van der Waals surface area (Å²) in [5, 5.41) is 12.3. The molecule has 2 amide bonds. The lowest BCUT2D eigenvalue weighted by Crippen LogP contribution is -2.62. The van der Waals surface area contributed by atoms with Gasteiger partial charge in [0, 0.05) is 5.69 Å². The van der Waals surface area contributed by atoms with Crippen LogP contribution in [0.1, 0.15) is 18.1 Å². The van der Waals surface area contributed by atoms with Gasteiger partial charge in [-0.15, -0.1) is 0 Å². The molecule has 1 atom stereocenters. The molecule has 0 aliphatic rings. The first-order chi connectivity index (χ1) is 9.47. The maximum absolute atomic E-state index is 12.7. The molecule has 116 valence electrons. The number of rotatable bonds is 3. The molecule has 0 aromatic heterocycles. The van der Waals surface area contributed by atoms with Crippen LogP contribution in [-0.4, -0.2) is 28.8 Å². The summed E-state index contributed by atoms with van der Waals surface area (Å²) < 4.78 is 38.2. The van der Waals surface area contributed by atoms with Gasteiger partial charge in [0.25, 0.3) is 0 Å². The van der Waals surface area contributed by atoms with Crippen LogP contribution in [0.25, 0.3) is 0 Å². The van der Waals surface area contributed by atoms with E-state index in [1.165, 1.54) is 11.4 Å². The molecule has 1 aromatic rings. The third kappa shape index (κ3) is 3.65. The minimum Gasteiger partial charge on any atom is -0.479 e. The molecular weight excluding hydrogens is 289 g/mol. The zero-order valence-electron chi connectivity index (χ0n) is 11.6. The summed E-state index contributed by atoms with van der Waals surface area (Å²) in [5.41, 5.74) is -1.31. The Balaban J connectivity index is 2.89.